The summed E-state index contributed by atoms with van der Waals surface area (Å²) in [6.07, 6.45) is 3.89. The fourth-order valence-corrected chi connectivity index (χ4v) is 5.27. The van der Waals surface area contributed by atoms with E-state index in [0.29, 0.717) is 19.0 Å². The Balaban J connectivity index is 1.69. The molecule has 0 bridgehead atoms. The van der Waals surface area contributed by atoms with Crippen molar-refractivity contribution in [2.45, 2.75) is 31.3 Å². The van der Waals surface area contributed by atoms with Gasteiger partial charge in [-0.2, -0.15) is 0 Å². The van der Waals surface area contributed by atoms with Crippen molar-refractivity contribution in [2.75, 3.05) is 31.1 Å². The molecule has 2 aliphatic rings. The molecule has 2 fully saturated rings. The molecule has 0 aliphatic carbocycles. The molecule has 2 aromatic carbocycles. The number of nitrogens with zero attached hydrogens (tertiary/aromatic N) is 3. The van der Waals surface area contributed by atoms with Crippen LogP contribution in [0.5, 0.6) is 0 Å². The van der Waals surface area contributed by atoms with E-state index in [2.05, 4.69) is 4.90 Å². The molecular formula is C25H25F3N4O3. The van der Waals surface area contributed by atoms with E-state index < -0.39 is 34.4 Å². The summed E-state index contributed by atoms with van der Waals surface area (Å²) in [5, 5.41) is 9.30. The standard InChI is InChI=1S/C25H25F3N4O3/c26-14-3-4-21(19(27)7-14)32-13-18(25(34)35)24(33)17-9-20(28)23(10-22(17)32)31-11-15(29)8-16(31)12-30-5-1-2-6-30/h3-4,7,9-10,13,15-16H,1-2,5-6,8,11-12,29H2,(H,34,35)/t15-,16?/m0/s1. The number of carboxylic acids is 1. The van der Waals surface area contributed by atoms with Crippen molar-refractivity contribution in [1.82, 2.24) is 9.47 Å². The van der Waals surface area contributed by atoms with E-state index in [4.69, 9.17) is 5.73 Å². The molecule has 10 heteroatoms. The highest BCUT2D eigenvalue weighted by atomic mass is 19.1. The number of anilines is 1. The van der Waals surface area contributed by atoms with E-state index in [1.807, 2.05) is 4.90 Å². The van der Waals surface area contributed by atoms with Gasteiger partial charge in [0, 0.05) is 42.8 Å². The Kier molecular flexibility index (Phi) is 6.02. The normalized spacial score (nSPS) is 20.7. The Morgan fingerprint density at radius 2 is 1.77 bits per heavy atom. The summed E-state index contributed by atoms with van der Waals surface area (Å²) in [4.78, 5) is 28.8. The first kappa shape index (κ1) is 23.4. The Hall–Kier alpha value is -3.37. The number of hydrogen-bond donors (Lipinski definition) is 2. The highest BCUT2D eigenvalue weighted by Crippen LogP contribution is 2.33. The van der Waals surface area contributed by atoms with Gasteiger partial charge in [-0.15, -0.1) is 0 Å². The smallest absolute Gasteiger partial charge is 0.341 e. The van der Waals surface area contributed by atoms with Crippen molar-refractivity contribution < 1.29 is 23.1 Å². The van der Waals surface area contributed by atoms with Crippen LogP contribution in [-0.4, -0.2) is 58.8 Å². The molecule has 3 heterocycles. The molecule has 0 amide bonds. The predicted molar refractivity (Wildman–Crippen MR) is 126 cm³/mol. The van der Waals surface area contributed by atoms with Gasteiger partial charge < -0.3 is 25.2 Å². The minimum absolute atomic E-state index is 0.0453. The number of likely N-dealkylation sites (tertiary alicyclic amines) is 1. The number of halogens is 3. The van der Waals surface area contributed by atoms with Crippen LogP contribution in [0.3, 0.4) is 0 Å². The fraction of sp³-hybridized carbons (Fsp3) is 0.360. The molecule has 1 aromatic heterocycles. The van der Waals surface area contributed by atoms with Gasteiger partial charge in [0.25, 0.3) is 0 Å². The lowest BCUT2D eigenvalue weighted by atomic mass is 10.1. The number of hydrogen-bond acceptors (Lipinski definition) is 5. The number of benzene rings is 2. The van der Waals surface area contributed by atoms with Gasteiger partial charge in [0.05, 0.1) is 16.9 Å². The lowest BCUT2D eigenvalue weighted by Crippen LogP contribution is -2.40. The Bertz CT molecular complexity index is 1370. The van der Waals surface area contributed by atoms with Crippen LogP contribution in [0.1, 0.15) is 29.6 Å². The first-order chi connectivity index (χ1) is 16.7. The first-order valence-corrected chi connectivity index (χ1v) is 11.5. The zero-order chi connectivity index (χ0) is 24.9. The maximum Gasteiger partial charge on any atom is 0.341 e. The predicted octanol–water partition coefficient (Wildman–Crippen LogP) is 3.11. The van der Waals surface area contributed by atoms with Gasteiger partial charge in [0.1, 0.15) is 23.0 Å². The monoisotopic (exact) mass is 486 g/mol. The van der Waals surface area contributed by atoms with Crippen molar-refractivity contribution in [1.29, 1.82) is 0 Å². The van der Waals surface area contributed by atoms with Crippen LogP contribution >= 0.6 is 0 Å². The van der Waals surface area contributed by atoms with Crippen LogP contribution in [0.15, 0.2) is 41.3 Å². The third-order valence-electron chi connectivity index (χ3n) is 6.90. The molecule has 3 aromatic rings. The zero-order valence-electron chi connectivity index (χ0n) is 18.9. The summed E-state index contributed by atoms with van der Waals surface area (Å²) < 4.78 is 44.9. The summed E-state index contributed by atoms with van der Waals surface area (Å²) in [5.41, 5.74) is 4.85. The molecule has 2 aliphatic heterocycles. The van der Waals surface area contributed by atoms with Gasteiger partial charge in [-0.3, -0.25) is 4.79 Å². The average molecular weight is 486 g/mol. The summed E-state index contributed by atoms with van der Waals surface area (Å²) in [6.45, 7) is 3.08. The van der Waals surface area contributed by atoms with Gasteiger partial charge in [-0.05, 0) is 56.6 Å². The van der Waals surface area contributed by atoms with Crippen molar-refractivity contribution >= 4 is 22.6 Å². The number of aromatic nitrogens is 1. The molecule has 5 rings (SSSR count). The Labute approximate surface area is 199 Å². The molecule has 0 spiro atoms. The minimum Gasteiger partial charge on any atom is -0.477 e. The van der Waals surface area contributed by atoms with Gasteiger partial charge in [-0.25, -0.2) is 18.0 Å². The van der Waals surface area contributed by atoms with Crippen LogP contribution in [0.2, 0.25) is 0 Å². The maximum atomic E-state index is 15.4. The third-order valence-corrected chi connectivity index (χ3v) is 6.90. The average Bonchev–Trinajstić information content (AvgIpc) is 3.44. The van der Waals surface area contributed by atoms with E-state index in [-0.39, 0.29) is 34.4 Å². The summed E-state index contributed by atoms with van der Waals surface area (Å²) in [7, 11) is 0. The van der Waals surface area contributed by atoms with Crippen molar-refractivity contribution in [3.05, 3.63) is 69.8 Å². The third kappa shape index (κ3) is 4.28. The van der Waals surface area contributed by atoms with E-state index in [1.165, 1.54) is 6.07 Å². The largest absolute Gasteiger partial charge is 0.477 e. The number of aromatic carboxylic acids is 1. The molecule has 2 atom stereocenters. The molecular weight excluding hydrogens is 461 g/mol. The van der Waals surface area contributed by atoms with Crippen LogP contribution < -0.4 is 16.1 Å². The molecule has 2 saturated heterocycles. The van der Waals surface area contributed by atoms with E-state index in [1.54, 1.807) is 0 Å². The lowest BCUT2D eigenvalue weighted by molar-refractivity contribution is 0.0695. The molecule has 3 N–H and O–H groups in total. The molecule has 35 heavy (non-hydrogen) atoms. The maximum absolute atomic E-state index is 15.4. The first-order valence-electron chi connectivity index (χ1n) is 11.5. The SMILES string of the molecule is N[C@H]1CC(CN2CCCC2)N(c2cc3c(cc2F)c(=O)c(C(=O)O)cn3-c2ccc(F)cc2F)C1. The molecule has 0 saturated carbocycles. The second-order valence-electron chi connectivity index (χ2n) is 9.27. The van der Waals surface area contributed by atoms with Crippen LogP contribution in [-0.2, 0) is 0 Å². The summed E-state index contributed by atoms with van der Waals surface area (Å²) in [5.74, 6) is -3.98. The lowest BCUT2D eigenvalue weighted by Gasteiger charge is -2.30. The second kappa shape index (κ2) is 9.01. The Morgan fingerprint density at radius 1 is 1.06 bits per heavy atom. The summed E-state index contributed by atoms with van der Waals surface area (Å²) in [6, 6.07) is 5.04. The highest BCUT2D eigenvalue weighted by molar-refractivity contribution is 5.94. The fourth-order valence-electron chi connectivity index (χ4n) is 5.27. The van der Waals surface area contributed by atoms with E-state index in [9.17, 15) is 23.5 Å². The van der Waals surface area contributed by atoms with Crippen molar-refractivity contribution in [3.63, 3.8) is 0 Å². The van der Waals surface area contributed by atoms with Gasteiger partial charge in [0.2, 0.25) is 5.43 Å². The number of carbonyl (C=O) groups is 1. The van der Waals surface area contributed by atoms with Crippen molar-refractivity contribution in [2.24, 2.45) is 5.73 Å². The number of rotatable bonds is 5. The van der Waals surface area contributed by atoms with E-state index in [0.717, 1.165) is 61.4 Å². The Morgan fingerprint density at radius 3 is 2.46 bits per heavy atom. The van der Waals surface area contributed by atoms with Gasteiger partial charge in [-0.1, -0.05) is 0 Å². The number of carboxylic acid groups (broad SMARTS) is 1. The van der Waals surface area contributed by atoms with Crippen LogP contribution in [0.25, 0.3) is 16.6 Å². The summed E-state index contributed by atoms with van der Waals surface area (Å²) >= 11 is 0. The van der Waals surface area contributed by atoms with Gasteiger partial charge >= 0.3 is 5.97 Å². The van der Waals surface area contributed by atoms with Crippen LogP contribution in [0, 0.1) is 17.5 Å². The van der Waals surface area contributed by atoms with E-state index >= 15 is 4.39 Å². The van der Waals surface area contributed by atoms with Crippen LogP contribution in [0.4, 0.5) is 18.9 Å². The second-order valence-corrected chi connectivity index (χ2v) is 9.27. The topological polar surface area (TPSA) is 91.8 Å². The van der Waals surface area contributed by atoms with Gasteiger partial charge in [0.15, 0.2) is 0 Å². The molecule has 7 nitrogen and oxygen atoms in total. The minimum atomic E-state index is -1.53. The number of pyridine rings is 1. The molecule has 1 unspecified atom stereocenters. The number of nitrogens with two attached hydrogens (primary N) is 1. The molecule has 184 valence electrons. The zero-order valence-corrected chi connectivity index (χ0v) is 18.9. The molecule has 0 radical (unpaired) electrons. The quantitative estimate of drug-likeness (QED) is 0.576. The number of fused-ring (bicyclic) bond motifs is 1. The van der Waals surface area contributed by atoms with Crippen molar-refractivity contribution in [3.8, 4) is 5.69 Å². The highest BCUT2D eigenvalue weighted by Gasteiger charge is 2.34.